The van der Waals surface area contributed by atoms with E-state index in [9.17, 15) is 24.0 Å². The van der Waals surface area contributed by atoms with Crippen LogP contribution in [0.3, 0.4) is 0 Å². The second-order valence-electron chi connectivity index (χ2n) is 17.6. The molecule has 0 unspecified atom stereocenters. The first-order chi connectivity index (χ1) is 26.5. The lowest BCUT2D eigenvalue weighted by Crippen LogP contribution is -2.44. The molecule has 59 heavy (non-hydrogen) atoms. The monoisotopic (exact) mass is 871 g/mol. The summed E-state index contributed by atoms with van der Waals surface area (Å²) in [6.07, 6.45) is 8.36. The van der Waals surface area contributed by atoms with E-state index in [0.717, 1.165) is 43.6 Å². The molecule has 0 bridgehead atoms. The van der Waals surface area contributed by atoms with Gasteiger partial charge in [-0.2, -0.15) is 10.2 Å². The number of aromatic nitrogens is 4. The Morgan fingerprint density at radius 2 is 1.14 bits per heavy atom. The minimum atomic E-state index is -0.528. The summed E-state index contributed by atoms with van der Waals surface area (Å²) in [5.41, 5.74) is 4.13. The Balaban J connectivity index is 0.000000397. The van der Waals surface area contributed by atoms with Gasteiger partial charge in [-0.05, 0) is 106 Å². The molecule has 2 aromatic heterocycles. The van der Waals surface area contributed by atoms with Crippen molar-refractivity contribution in [3.63, 3.8) is 0 Å². The molecule has 0 aromatic carbocycles. The number of ketones is 2. The zero-order valence-corrected chi connectivity index (χ0v) is 38.3. The summed E-state index contributed by atoms with van der Waals surface area (Å²) < 4.78 is 15.7. The molecule has 0 saturated carbocycles. The number of hydrogen-bond acceptors (Lipinski definition) is 12. The Hall–Kier alpha value is -4.35. The first kappa shape index (κ1) is 52.7. The third kappa shape index (κ3) is 19.5. The van der Waals surface area contributed by atoms with Crippen molar-refractivity contribution in [2.45, 2.75) is 124 Å². The summed E-state index contributed by atoms with van der Waals surface area (Å²) in [7, 11) is 3.75. The molecule has 6 heterocycles. The zero-order chi connectivity index (χ0) is 42.6. The number of halogens is 2. The normalized spacial score (nSPS) is 17.1. The molecule has 2 aromatic rings. The maximum Gasteiger partial charge on any atom is 0.410 e. The van der Waals surface area contributed by atoms with Gasteiger partial charge in [0, 0.05) is 58.5 Å². The van der Waals surface area contributed by atoms with Crippen LogP contribution in [0.4, 0.5) is 14.4 Å². The van der Waals surface area contributed by atoms with E-state index in [1.165, 1.54) is 26.6 Å². The number of fused-ring (bicyclic) bond motifs is 2. The minimum Gasteiger partial charge on any atom is -0.444 e. The Bertz CT molecular complexity index is 1690. The summed E-state index contributed by atoms with van der Waals surface area (Å²) in [6, 6.07) is 0. The first-order valence-corrected chi connectivity index (χ1v) is 19.6. The number of aromatic amines is 2. The SMILES string of the molecule is CC(C)(C)OC(=O)N1CCCC(=O)C1.CC(C)(C)OC(=O)N1CCc2cn[nH]c2C1.CN(C)/C=C1\CCN(C(=O)OC(C)(C)C)CC1=O.Cl.Cl.c1n[nH]c2c1CCNC2. The van der Waals surface area contributed by atoms with Crippen molar-refractivity contribution in [1.29, 1.82) is 0 Å². The van der Waals surface area contributed by atoms with Crippen LogP contribution in [-0.2, 0) is 49.7 Å². The number of rotatable bonds is 1. The molecule has 19 heteroatoms. The lowest BCUT2D eigenvalue weighted by Gasteiger charge is -2.30. The Morgan fingerprint density at radius 1 is 0.661 bits per heavy atom. The molecular formula is C40H67Cl2N9O8. The molecular weight excluding hydrogens is 805 g/mol. The smallest absolute Gasteiger partial charge is 0.410 e. The number of hydrogen-bond donors (Lipinski definition) is 3. The second-order valence-corrected chi connectivity index (χ2v) is 17.6. The van der Waals surface area contributed by atoms with E-state index in [2.05, 4.69) is 25.7 Å². The van der Waals surface area contributed by atoms with E-state index in [4.69, 9.17) is 14.2 Å². The maximum atomic E-state index is 11.9. The van der Waals surface area contributed by atoms with Gasteiger partial charge in [-0.25, -0.2) is 14.4 Å². The molecule has 0 spiro atoms. The summed E-state index contributed by atoms with van der Waals surface area (Å²) in [5.74, 6) is 0.0999. The number of amides is 3. The Kier molecular flexibility index (Phi) is 20.9. The van der Waals surface area contributed by atoms with Crippen molar-refractivity contribution < 1.29 is 38.2 Å². The summed E-state index contributed by atoms with van der Waals surface area (Å²) in [6.45, 7) is 21.3. The molecule has 3 amide bonds. The van der Waals surface area contributed by atoms with Gasteiger partial charge < -0.3 is 39.1 Å². The van der Waals surface area contributed by atoms with Gasteiger partial charge in [0.2, 0.25) is 0 Å². The lowest BCUT2D eigenvalue weighted by molar-refractivity contribution is -0.122. The lowest BCUT2D eigenvalue weighted by atomic mass is 10.0. The van der Waals surface area contributed by atoms with Crippen molar-refractivity contribution in [2.75, 3.05) is 53.4 Å². The van der Waals surface area contributed by atoms with Crippen LogP contribution in [0.5, 0.6) is 0 Å². The minimum absolute atomic E-state index is 0. The number of nitrogens with one attached hydrogen (secondary N) is 3. The van der Waals surface area contributed by atoms with Gasteiger partial charge in [-0.1, -0.05) is 0 Å². The number of likely N-dealkylation sites (tertiary alicyclic amines) is 2. The molecule has 2 fully saturated rings. The van der Waals surface area contributed by atoms with Crippen molar-refractivity contribution in [3.8, 4) is 0 Å². The van der Waals surface area contributed by atoms with E-state index in [1.54, 1.807) is 4.90 Å². The summed E-state index contributed by atoms with van der Waals surface area (Å²) in [4.78, 5) is 64.6. The molecule has 3 N–H and O–H groups in total. The fourth-order valence-electron chi connectivity index (χ4n) is 5.84. The number of Topliss-reactive ketones (excluding diaryl/α,β-unsaturated/α-hetero) is 2. The number of carbonyl (C=O) groups excluding carboxylic acids is 5. The fourth-order valence-corrected chi connectivity index (χ4v) is 5.84. The highest BCUT2D eigenvalue weighted by atomic mass is 35.5. The third-order valence-corrected chi connectivity index (χ3v) is 8.45. The van der Waals surface area contributed by atoms with Crippen molar-refractivity contribution in [2.24, 2.45) is 0 Å². The number of nitrogens with zero attached hydrogens (tertiary/aromatic N) is 6. The van der Waals surface area contributed by atoms with Crippen LogP contribution >= 0.6 is 24.8 Å². The van der Waals surface area contributed by atoms with Crippen LogP contribution in [0.25, 0.3) is 0 Å². The van der Waals surface area contributed by atoms with Gasteiger partial charge in [0.1, 0.15) is 16.8 Å². The topological polar surface area (TPSA) is 195 Å². The van der Waals surface area contributed by atoms with Crippen LogP contribution < -0.4 is 5.32 Å². The Morgan fingerprint density at radius 3 is 1.61 bits per heavy atom. The molecule has 334 valence electrons. The van der Waals surface area contributed by atoms with Crippen molar-refractivity contribution in [1.82, 2.24) is 45.3 Å². The van der Waals surface area contributed by atoms with Crippen LogP contribution in [0.2, 0.25) is 0 Å². The molecule has 17 nitrogen and oxygen atoms in total. The van der Waals surface area contributed by atoms with Gasteiger partial charge >= 0.3 is 18.3 Å². The largest absolute Gasteiger partial charge is 0.444 e. The average molecular weight is 873 g/mol. The number of carbonyl (C=O) groups is 5. The summed E-state index contributed by atoms with van der Waals surface area (Å²) in [5, 5.41) is 17.0. The average Bonchev–Trinajstić information content (AvgIpc) is 3.77. The van der Waals surface area contributed by atoms with E-state index in [1.807, 2.05) is 99.9 Å². The van der Waals surface area contributed by atoms with Gasteiger partial charge in [-0.15, -0.1) is 24.8 Å². The number of ether oxygens (including phenoxy) is 3. The van der Waals surface area contributed by atoms with Crippen LogP contribution in [-0.4, -0.2) is 140 Å². The summed E-state index contributed by atoms with van der Waals surface area (Å²) >= 11 is 0. The van der Waals surface area contributed by atoms with E-state index in [0.29, 0.717) is 39.0 Å². The standard InChI is InChI=1S/C13H22N2O3.C11H17N3O2.C10H17NO3.C6H9N3.2ClH/c1-13(2,3)18-12(17)15-7-6-10(8-14(4)5)11(16)9-15;1-11(2,3)16-10(15)14-5-4-8-6-12-13-9(8)7-14;1-10(2,3)14-9(13)11-6-4-5-8(12)7-11;1-2-7-4-6-5(1)3-8-9-6;;/h8H,6-7,9H2,1-5H3;6H,4-5,7H2,1-3H3,(H,12,13);4-7H2,1-3H3;3,7H,1-2,4H2,(H,8,9);2*1H/b10-8+;;;;;. The molecule has 0 atom stereocenters. The highest BCUT2D eigenvalue weighted by molar-refractivity contribution is 5.99. The number of piperidine rings is 2. The van der Waals surface area contributed by atoms with E-state index in [-0.39, 0.29) is 61.7 Å². The maximum absolute atomic E-state index is 11.9. The zero-order valence-electron chi connectivity index (χ0n) is 36.7. The third-order valence-electron chi connectivity index (χ3n) is 8.45. The number of H-pyrrole nitrogens is 2. The van der Waals surface area contributed by atoms with Crippen molar-refractivity contribution in [3.05, 3.63) is 46.7 Å². The van der Waals surface area contributed by atoms with Gasteiger partial charge in [0.05, 0.1) is 43.4 Å². The fraction of sp³-hybridized carbons (Fsp3) is 0.675. The predicted octanol–water partition coefficient (Wildman–Crippen LogP) is 5.83. The molecule has 0 aliphatic carbocycles. The molecule has 0 radical (unpaired) electrons. The van der Waals surface area contributed by atoms with Crippen LogP contribution in [0, 0.1) is 0 Å². The molecule has 2 saturated heterocycles. The Labute approximate surface area is 361 Å². The van der Waals surface area contributed by atoms with Gasteiger partial charge in [0.25, 0.3) is 0 Å². The van der Waals surface area contributed by atoms with E-state index < -0.39 is 22.9 Å². The van der Waals surface area contributed by atoms with Gasteiger partial charge in [-0.3, -0.25) is 19.8 Å². The molecule has 4 aliphatic heterocycles. The van der Waals surface area contributed by atoms with Crippen LogP contribution in [0.1, 0.15) is 104 Å². The van der Waals surface area contributed by atoms with Crippen molar-refractivity contribution >= 4 is 54.7 Å². The van der Waals surface area contributed by atoms with E-state index >= 15 is 0 Å². The second kappa shape index (κ2) is 23.4. The molecule has 6 rings (SSSR count). The highest BCUT2D eigenvalue weighted by Gasteiger charge is 2.30. The predicted molar refractivity (Wildman–Crippen MR) is 229 cm³/mol. The first-order valence-electron chi connectivity index (χ1n) is 19.6. The highest BCUT2D eigenvalue weighted by Crippen LogP contribution is 2.20. The quantitative estimate of drug-likeness (QED) is 0.230. The van der Waals surface area contributed by atoms with Crippen LogP contribution in [0.15, 0.2) is 24.2 Å². The van der Waals surface area contributed by atoms with Gasteiger partial charge in [0.15, 0.2) is 11.6 Å². The molecule has 4 aliphatic rings.